The minimum absolute atomic E-state index is 0.0765. The zero-order chi connectivity index (χ0) is 18.0. The van der Waals surface area contributed by atoms with Crippen LogP contribution in [0.3, 0.4) is 0 Å². The molecular weight excluding hydrogens is 348 g/mol. The van der Waals surface area contributed by atoms with Crippen molar-refractivity contribution in [2.75, 3.05) is 0 Å². The molecule has 1 amide bonds. The highest BCUT2D eigenvalue weighted by Gasteiger charge is 2.52. The molecule has 1 spiro atoms. The van der Waals surface area contributed by atoms with Gasteiger partial charge in [0.2, 0.25) is 5.91 Å². The minimum Gasteiger partial charge on any atom is -0.458 e. The van der Waals surface area contributed by atoms with Crippen molar-refractivity contribution in [3.05, 3.63) is 41.4 Å². The molecule has 1 saturated carbocycles. The molecule has 4 rings (SSSR count). The molecule has 1 saturated heterocycles. The van der Waals surface area contributed by atoms with Gasteiger partial charge in [0.05, 0.1) is 18.9 Å². The molecule has 136 valence electrons. The van der Waals surface area contributed by atoms with Gasteiger partial charge >= 0.3 is 5.97 Å². The summed E-state index contributed by atoms with van der Waals surface area (Å²) < 4.78 is 5.63. The summed E-state index contributed by atoms with van der Waals surface area (Å²) in [5.41, 5.74) is 0.508. The van der Waals surface area contributed by atoms with Crippen LogP contribution < -0.4 is 5.32 Å². The Labute approximate surface area is 156 Å². The molecular formula is C20H22N2O3S. The normalized spacial score (nSPS) is 21.5. The van der Waals surface area contributed by atoms with E-state index in [0.717, 1.165) is 47.6 Å². The van der Waals surface area contributed by atoms with Gasteiger partial charge in [-0.15, -0.1) is 11.3 Å². The van der Waals surface area contributed by atoms with E-state index in [4.69, 9.17) is 4.74 Å². The molecule has 0 unspecified atom stereocenters. The van der Waals surface area contributed by atoms with Gasteiger partial charge in [0.15, 0.2) is 0 Å². The fourth-order valence-corrected chi connectivity index (χ4v) is 4.88. The Kier molecular flexibility index (Phi) is 4.76. The number of esters is 1. The molecule has 2 fully saturated rings. The van der Waals surface area contributed by atoms with E-state index in [9.17, 15) is 9.59 Å². The van der Waals surface area contributed by atoms with Gasteiger partial charge in [-0.2, -0.15) is 0 Å². The van der Waals surface area contributed by atoms with E-state index in [0.29, 0.717) is 6.54 Å². The quantitative estimate of drug-likeness (QED) is 0.834. The number of nitrogens with one attached hydrogen (secondary N) is 1. The Morgan fingerprint density at radius 1 is 1.23 bits per heavy atom. The molecule has 1 aromatic carbocycles. The van der Waals surface area contributed by atoms with Crippen molar-refractivity contribution in [1.82, 2.24) is 10.3 Å². The molecule has 1 aliphatic heterocycles. The Balaban J connectivity index is 1.41. The number of hydrogen-bond acceptors (Lipinski definition) is 5. The van der Waals surface area contributed by atoms with Gasteiger partial charge < -0.3 is 10.1 Å². The topological polar surface area (TPSA) is 68.3 Å². The van der Waals surface area contributed by atoms with Crippen molar-refractivity contribution in [3.63, 3.8) is 0 Å². The summed E-state index contributed by atoms with van der Waals surface area (Å²) in [6.07, 6.45) is 6.80. The number of ether oxygens (including phenoxy) is 1. The summed E-state index contributed by atoms with van der Waals surface area (Å²) in [4.78, 5) is 30.1. The minimum atomic E-state index is -0.567. The number of aromatic nitrogens is 1. The monoisotopic (exact) mass is 370 g/mol. The lowest BCUT2D eigenvalue weighted by Crippen LogP contribution is -2.45. The molecule has 1 atom stereocenters. The Bertz CT molecular complexity index is 796. The fourth-order valence-electron chi connectivity index (χ4n) is 4.03. The van der Waals surface area contributed by atoms with Gasteiger partial charge in [-0.1, -0.05) is 36.8 Å². The van der Waals surface area contributed by atoms with E-state index in [2.05, 4.69) is 10.3 Å². The maximum Gasteiger partial charge on any atom is 0.307 e. The number of thiazole rings is 1. The van der Waals surface area contributed by atoms with Crippen molar-refractivity contribution in [1.29, 1.82) is 0 Å². The van der Waals surface area contributed by atoms with E-state index in [1.54, 1.807) is 17.5 Å². The van der Waals surface area contributed by atoms with Crippen LogP contribution in [-0.2, 0) is 20.9 Å². The molecule has 1 N–H and O–H groups in total. The maximum absolute atomic E-state index is 12.8. The number of rotatable bonds is 4. The lowest BCUT2D eigenvalue weighted by Gasteiger charge is -2.35. The van der Waals surface area contributed by atoms with Gasteiger partial charge in [0.25, 0.3) is 0 Å². The third-order valence-corrected chi connectivity index (χ3v) is 6.40. The zero-order valence-electron chi connectivity index (χ0n) is 14.6. The first kappa shape index (κ1) is 17.2. The summed E-state index contributed by atoms with van der Waals surface area (Å²) in [5, 5.41) is 3.94. The van der Waals surface area contributed by atoms with Crippen molar-refractivity contribution >= 4 is 23.2 Å². The molecule has 1 aromatic heterocycles. The van der Waals surface area contributed by atoms with E-state index in [1.165, 1.54) is 0 Å². The highest BCUT2D eigenvalue weighted by atomic mass is 32.1. The van der Waals surface area contributed by atoms with Crippen molar-refractivity contribution in [3.8, 4) is 10.6 Å². The number of hydrogen-bond donors (Lipinski definition) is 1. The molecule has 1 aliphatic carbocycles. The Morgan fingerprint density at radius 3 is 2.77 bits per heavy atom. The van der Waals surface area contributed by atoms with E-state index >= 15 is 0 Å². The van der Waals surface area contributed by atoms with Crippen molar-refractivity contribution < 1.29 is 14.3 Å². The first-order valence-corrected chi connectivity index (χ1v) is 9.98. The summed E-state index contributed by atoms with van der Waals surface area (Å²) in [6.45, 7) is 0.435. The number of carbonyl (C=O) groups excluding carboxylic acids is 2. The molecule has 5 nitrogen and oxygen atoms in total. The average Bonchev–Trinajstić information content (AvgIpc) is 3.26. The summed E-state index contributed by atoms with van der Waals surface area (Å²) in [6, 6.07) is 9.99. The molecule has 26 heavy (non-hydrogen) atoms. The van der Waals surface area contributed by atoms with E-state index in [1.807, 2.05) is 30.3 Å². The summed E-state index contributed by atoms with van der Waals surface area (Å²) in [7, 11) is 0. The third-order valence-electron chi connectivity index (χ3n) is 5.35. The second kappa shape index (κ2) is 7.19. The van der Waals surface area contributed by atoms with E-state index in [-0.39, 0.29) is 24.2 Å². The average molecular weight is 370 g/mol. The van der Waals surface area contributed by atoms with Gasteiger partial charge in [-0.25, -0.2) is 4.98 Å². The SMILES string of the molecule is O=C1C[C@@H](C(=O)NCc2cnc(-c3ccccc3)s2)C2(CCCCC2)O1. The van der Waals surface area contributed by atoms with Gasteiger partial charge in [-0.3, -0.25) is 9.59 Å². The van der Waals surface area contributed by atoms with Crippen molar-refractivity contribution in [2.45, 2.75) is 50.7 Å². The molecule has 0 radical (unpaired) electrons. The predicted molar refractivity (Wildman–Crippen MR) is 99.4 cm³/mol. The van der Waals surface area contributed by atoms with Crippen LogP contribution in [0.1, 0.15) is 43.4 Å². The van der Waals surface area contributed by atoms with Crippen LogP contribution in [0.15, 0.2) is 36.5 Å². The maximum atomic E-state index is 12.8. The molecule has 2 aliphatic rings. The van der Waals surface area contributed by atoms with Crippen LogP contribution in [0.2, 0.25) is 0 Å². The first-order chi connectivity index (χ1) is 12.7. The highest BCUT2D eigenvalue weighted by Crippen LogP contribution is 2.44. The van der Waals surface area contributed by atoms with Gasteiger partial charge in [-0.05, 0) is 25.7 Å². The third kappa shape index (κ3) is 3.38. The largest absolute Gasteiger partial charge is 0.458 e. The van der Waals surface area contributed by atoms with Crippen molar-refractivity contribution in [2.24, 2.45) is 5.92 Å². The number of carbonyl (C=O) groups is 2. The second-order valence-electron chi connectivity index (χ2n) is 7.07. The van der Waals surface area contributed by atoms with Crippen LogP contribution in [0.25, 0.3) is 10.6 Å². The molecule has 2 heterocycles. The molecule has 0 bridgehead atoms. The van der Waals surface area contributed by atoms with Gasteiger partial charge in [0, 0.05) is 16.6 Å². The van der Waals surface area contributed by atoms with Gasteiger partial charge in [0.1, 0.15) is 10.6 Å². The van der Waals surface area contributed by atoms with Crippen LogP contribution in [0, 0.1) is 5.92 Å². The Hall–Kier alpha value is -2.21. The van der Waals surface area contributed by atoms with Crippen LogP contribution >= 0.6 is 11.3 Å². The number of nitrogens with zero attached hydrogens (tertiary/aromatic N) is 1. The van der Waals surface area contributed by atoms with Crippen LogP contribution in [0.4, 0.5) is 0 Å². The molecule has 2 aromatic rings. The van der Waals surface area contributed by atoms with Crippen LogP contribution in [0.5, 0.6) is 0 Å². The lowest BCUT2D eigenvalue weighted by molar-refractivity contribution is -0.153. The zero-order valence-corrected chi connectivity index (χ0v) is 15.4. The fraction of sp³-hybridized carbons (Fsp3) is 0.450. The smallest absolute Gasteiger partial charge is 0.307 e. The highest BCUT2D eigenvalue weighted by molar-refractivity contribution is 7.15. The summed E-state index contributed by atoms with van der Waals surface area (Å²) in [5.74, 6) is -0.680. The predicted octanol–water partition coefficient (Wildman–Crippen LogP) is 3.69. The number of benzene rings is 1. The number of amides is 1. The molecule has 6 heteroatoms. The lowest BCUT2D eigenvalue weighted by atomic mass is 9.75. The van der Waals surface area contributed by atoms with E-state index < -0.39 is 5.60 Å². The standard InChI is InChI=1S/C20H22N2O3S/c23-17-11-16(20(25-17)9-5-2-6-10-20)18(24)21-12-15-13-22-19(26-15)14-7-3-1-4-8-14/h1,3-4,7-8,13,16H,2,5-6,9-12H2,(H,21,24)/t16-/m0/s1. The van der Waals surface area contributed by atoms with Crippen LogP contribution in [-0.4, -0.2) is 22.5 Å². The second-order valence-corrected chi connectivity index (χ2v) is 8.19. The Morgan fingerprint density at radius 2 is 2.00 bits per heavy atom. The summed E-state index contributed by atoms with van der Waals surface area (Å²) >= 11 is 1.57. The first-order valence-electron chi connectivity index (χ1n) is 9.16.